The molecule has 8 aromatic rings. The van der Waals surface area contributed by atoms with E-state index in [1.54, 1.807) is 35.1 Å². The maximum Gasteiger partial charge on any atom is 0.222 e. The number of carbonyl (C=O) groups is 2. The number of amides is 2. The van der Waals surface area contributed by atoms with Gasteiger partial charge in [0.1, 0.15) is 36.5 Å². The van der Waals surface area contributed by atoms with Crippen molar-refractivity contribution in [3.63, 3.8) is 0 Å². The number of aromatic nitrogens is 8. The summed E-state index contributed by atoms with van der Waals surface area (Å²) in [6.45, 7) is 4.35. The first-order chi connectivity index (χ1) is 34.1. The number of ether oxygens (including phenoxy) is 2. The standard InChI is InChI=1S/2C26H26ClN5O2S/c2*1-16(33)31-23-12-19(10-11-28-23)22-13-21(25(35-22)26-29-15-30-32-26)24(18-6-8-20(27)9-7-18)34-14-17-4-2-3-5-17/h2*6-13,15,17,24H,2-5,14H2,1H3,(H,28,31,33)(H,29,30,32). The molecule has 14 nitrogen and oxygen atoms in total. The van der Waals surface area contributed by atoms with E-state index in [9.17, 15) is 9.59 Å². The van der Waals surface area contributed by atoms with Gasteiger partial charge in [-0.25, -0.2) is 19.9 Å². The number of anilines is 2. The molecule has 70 heavy (non-hydrogen) atoms. The first-order valence-corrected chi connectivity index (χ1v) is 25.7. The summed E-state index contributed by atoms with van der Waals surface area (Å²) in [5.41, 5.74) is 6.00. The maximum absolute atomic E-state index is 11.5. The summed E-state index contributed by atoms with van der Waals surface area (Å²) < 4.78 is 13.3. The lowest BCUT2D eigenvalue weighted by atomic mass is 10.00. The van der Waals surface area contributed by atoms with Crippen LogP contribution in [0, 0.1) is 11.8 Å². The second-order valence-electron chi connectivity index (χ2n) is 17.5. The van der Waals surface area contributed by atoms with Crippen LogP contribution in [0.4, 0.5) is 11.6 Å². The van der Waals surface area contributed by atoms with Gasteiger partial charge in [0.2, 0.25) is 11.8 Å². The van der Waals surface area contributed by atoms with Crippen LogP contribution >= 0.6 is 45.9 Å². The SMILES string of the molecule is CC(=O)Nc1cc(-c2cc(C(OCC3CCCC3)c3ccc(Cl)cc3)c(-c3ncn[nH]3)s2)ccn1.CC(=O)Nc1cc(-c2cc(C(OCC3CCCC3)c3ccc(Cl)cc3)c(-c3ncn[nH]3)s2)ccn1. The molecule has 360 valence electrons. The number of hydrogen-bond acceptors (Lipinski definition) is 12. The molecule has 0 radical (unpaired) electrons. The van der Waals surface area contributed by atoms with Crippen LogP contribution in [0.1, 0.15) is 99.7 Å². The van der Waals surface area contributed by atoms with Crippen LogP contribution in [0.2, 0.25) is 10.0 Å². The normalized spacial score (nSPS) is 14.8. The summed E-state index contributed by atoms with van der Waals surface area (Å²) >= 11 is 15.6. The lowest BCUT2D eigenvalue weighted by Crippen LogP contribution is -2.12. The smallest absolute Gasteiger partial charge is 0.222 e. The van der Waals surface area contributed by atoms with Gasteiger partial charge in [0.25, 0.3) is 0 Å². The van der Waals surface area contributed by atoms with Gasteiger partial charge < -0.3 is 20.1 Å². The summed E-state index contributed by atoms with van der Waals surface area (Å²) in [5, 5.41) is 21.1. The molecule has 2 unspecified atom stereocenters. The fourth-order valence-electron chi connectivity index (χ4n) is 8.97. The highest BCUT2D eigenvalue weighted by atomic mass is 35.5. The molecule has 6 heterocycles. The Hall–Kier alpha value is -6.14. The van der Waals surface area contributed by atoms with Gasteiger partial charge in [0.05, 0.1) is 23.0 Å². The molecule has 10 rings (SSSR count). The number of pyridine rings is 2. The van der Waals surface area contributed by atoms with Crippen molar-refractivity contribution in [1.29, 1.82) is 0 Å². The van der Waals surface area contributed by atoms with Crippen LogP contribution in [0.5, 0.6) is 0 Å². The van der Waals surface area contributed by atoms with E-state index >= 15 is 0 Å². The minimum absolute atomic E-state index is 0.160. The molecule has 18 heteroatoms. The molecule has 6 aromatic heterocycles. The molecule has 2 aliphatic rings. The van der Waals surface area contributed by atoms with Crippen molar-refractivity contribution in [2.24, 2.45) is 11.8 Å². The quantitative estimate of drug-likeness (QED) is 0.0726. The predicted octanol–water partition coefficient (Wildman–Crippen LogP) is 13.0. The van der Waals surface area contributed by atoms with E-state index < -0.39 is 0 Å². The summed E-state index contributed by atoms with van der Waals surface area (Å²) in [7, 11) is 0. The van der Waals surface area contributed by atoms with E-state index in [-0.39, 0.29) is 24.0 Å². The molecule has 0 spiro atoms. The highest BCUT2D eigenvalue weighted by molar-refractivity contribution is 7.19. The second kappa shape index (κ2) is 23.2. The van der Waals surface area contributed by atoms with E-state index in [4.69, 9.17) is 32.7 Å². The minimum atomic E-state index is -0.283. The zero-order chi connectivity index (χ0) is 48.4. The summed E-state index contributed by atoms with van der Waals surface area (Å²) in [5.74, 6) is 3.25. The third kappa shape index (κ3) is 12.4. The third-order valence-corrected chi connectivity index (χ3v) is 15.3. The van der Waals surface area contributed by atoms with Crippen molar-refractivity contribution in [1.82, 2.24) is 40.3 Å². The first-order valence-electron chi connectivity index (χ1n) is 23.3. The summed E-state index contributed by atoms with van der Waals surface area (Å²) in [4.78, 5) is 44.4. The number of nitrogens with zero attached hydrogens (tertiary/aromatic N) is 6. The van der Waals surface area contributed by atoms with E-state index in [1.165, 1.54) is 77.9 Å². The molecule has 0 aliphatic heterocycles. The maximum atomic E-state index is 11.5. The average Bonchev–Trinajstić information content (AvgIpc) is 4.21. The molecule has 0 saturated heterocycles. The van der Waals surface area contributed by atoms with Crippen molar-refractivity contribution < 1.29 is 19.1 Å². The molecule has 2 fully saturated rings. The zero-order valence-electron chi connectivity index (χ0n) is 38.7. The average molecular weight is 1020 g/mol. The third-order valence-electron chi connectivity index (χ3n) is 12.3. The Kier molecular flexibility index (Phi) is 16.2. The van der Waals surface area contributed by atoms with Gasteiger partial charge in [-0.05, 0) is 120 Å². The number of halogens is 2. The fourth-order valence-corrected chi connectivity index (χ4v) is 11.5. The highest BCUT2D eigenvalue weighted by Gasteiger charge is 2.28. The number of carbonyl (C=O) groups excluding carboxylic acids is 2. The molecular formula is C52H52Cl2N10O4S2. The van der Waals surface area contributed by atoms with Crippen LogP contribution < -0.4 is 10.6 Å². The van der Waals surface area contributed by atoms with E-state index in [0.29, 0.717) is 58.4 Å². The van der Waals surface area contributed by atoms with Crippen molar-refractivity contribution in [3.05, 3.63) is 142 Å². The number of nitrogens with one attached hydrogen (secondary N) is 4. The van der Waals surface area contributed by atoms with E-state index in [1.807, 2.05) is 72.8 Å². The minimum Gasteiger partial charge on any atom is -0.368 e. The van der Waals surface area contributed by atoms with Crippen molar-refractivity contribution in [3.8, 4) is 42.3 Å². The van der Waals surface area contributed by atoms with Crippen LogP contribution in [-0.4, -0.2) is 65.4 Å². The number of aromatic amines is 2. The molecule has 2 aromatic carbocycles. The van der Waals surface area contributed by atoms with E-state index in [2.05, 4.69) is 63.1 Å². The Balaban J connectivity index is 0.000000174. The van der Waals surface area contributed by atoms with E-state index in [0.717, 1.165) is 52.9 Å². The van der Waals surface area contributed by atoms with Crippen molar-refractivity contribution in [2.45, 2.75) is 77.4 Å². The topological polar surface area (TPSA) is 186 Å². The number of benzene rings is 2. The highest BCUT2D eigenvalue weighted by Crippen LogP contribution is 2.45. The largest absolute Gasteiger partial charge is 0.368 e. The molecular weight excluding hydrogens is 964 g/mol. The lowest BCUT2D eigenvalue weighted by Gasteiger charge is -2.21. The first kappa shape index (κ1) is 48.9. The number of H-pyrrole nitrogens is 2. The molecule has 2 saturated carbocycles. The van der Waals surface area contributed by atoms with Crippen molar-refractivity contribution >= 4 is 69.3 Å². The van der Waals surface area contributed by atoms with Crippen LogP contribution in [-0.2, 0) is 19.1 Å². The van der Waals surface area contributed by atoms with Gasteiger partial charge in [-0.3, -0.25) is 19.8 Å². The van der Waals surface area contributed by atoms with Gasteiger partial charge in [0, 0.05) is 57.2 Å². The van der Waals surface area contributed by atoms with Crippen LogP contribution in [0.15, 0.2) is 110 Å². The monoisotopic (exact) mass is 1010 g/mol. The van der Waals surface area contributed by atoms with Gasteiger partial charge in [-0.1, -0.05) is 73.2 Å². The molecule has 2 atom stereocenters. The number of rotatable bonds is 16. The number of hydrogen-bond donors (Lipinski definition) is 4. The Morgan fingerprint density at radius 3 is 1.36 bits per heavy atom. The van der Waals surface area contributed by atoms with Crippen LogP contribution in [0.25, 0.3) is 42.3 Å². The predicted molar refractivity (Wildman–Crippen MR) is 277 cm³/mol. The van der Waals surface area contributed by atoms with Gasteiger partial charge in [0.15, 0.2) is 11.6 Å². The van der Waals surface area contributed by atoms with Gasteiger partial charge >= 0.3 is 0 Å². The Morgan fingerprint density at radius 2 is 1.00 bits per heavy atom. The molecule has 2 aliphatic carbocycles. The summed E-state index contributed by atoms with van der Waals surface area (Å²) in [6, 6.07) is 27.6. The Bertz CT molecular complexity index is 2770. The van der Waals surface area contributed by atoms with Crippen molar-refractivity contribution in [2.75, 3.05) is 23.8 Å². The van der Waals surface area contributed by atoms with Crippen LogP contribution in [0.3, 0.4) is 0 Å². The molecule has 0 bridgehead atoms. The second-order valence-corrected chi connectivity index (χ2v) is 20.5. The molecule has 2 amide bonds. The fraction of sp³-hybridized carbons (Fsp3) is 0.308. The zero-order valence-corrected chi connectivity index (χ0v) is 41.8. The summed E-state index contributed by atoms with van der Waals surface area (Å²) in [6.07, 6.45) is 15.8. The number of thiophene rings is 2. The van der Waals surface area contributed by atoms with Gasteiger partial charge in [-0.2, -0.15) is 10.2 Å². The lowest BCUT2D eigenvalue weighted by molar-refractivity contribution is -0.115. The van der Waals surface area contributed by atoms with Gasteiger partial charge in [-0.15, -0.1) is 22.7 Å². The molecule has 4 N–H and O–H groups in total. The Morgan fingerprint density at radius 1 is 0.600 bits per heavy atom. The Labute approximate surface area is 424 Å².